The number of hydrogen-bond donors (Lipinski definition) is 4. The molecular formula is C58H28N4O8. The van der Waals surface area contributed by atoms with Crippen LogP contribution >= 0.6 is 0 Å². The fraction of sp³-hybridized carbons (Fsp3) is 0.0345. The molecule has 0 aliphatic heterocycles. The zero-order valence-electron chi connectivity index (χ0n) is 36.1. The first-order chi connectivity index (χ1) is 33.9. The van der Waals surface area contributed by atoms with Crippen LogP contribution in [-0.4, -0.2) is 44.3 Å². The van der Waals surface area contributed by atoms with Gasteiger partial charge < -0.3 is 20.4 Å². The van der Waals surface area contributed by atoms with Crippen LogP contribution in [0.2, 0.25) is 0 Å². The van der Waals surface area contributed by atoms with Crippen molar-refractivity contribution in [1.82, 2.24) is 0 Å². The largest absolute Gasteiger partial charge is 0.478 e. The first-order valence-corrected chi connectivity index (χ1v) is 21.5. The van der Waals surface area contributed by atoms with Crippen molar-refractivity contribution in [3.8, 4) is 68.8 Å². The lowest BCUT2D eigenvalue weighted by atomic mass is 9.70. The maximum absolute atomic E-state index is 12.2. The molecule has 12 heteroatoms. The van der Waals surface area contributed by atoms with E-state index >= 15 is 0 Å². The molecule has 0 heterocycles. The Morgan fingerprint density at radius 1 is 0.300 bits per heavy atom. The molecule has 328 valence electrons. The molecule has 0 fully saturated rings. The second kappa shape index (κ2) is 15.1. The molecule has 0 radical (unpaired) electrons. The van der Waals surface area contributed by atoms with E-state index in [1.807, 2.05) is 60.7 Å². The van der Waals surface area contributed by atoms with Gasteiger partial charge >= 0.3 is 23.9 Å². The van der Waals surface area contributed by atoms with Gasteiger partial charge in [0.15, 0.2) is 0 Å². The third-order valence-corrected chi connectivity index (χ3v) is 14.1. The summed E-state index contributed by atoms with van der Waals surface area (Å²) in [5.74, 6) is -5.59. The Labute approximate surface area is 397 Å². The van der Waals surface area contributed by atoms with Crippen LogP contribution in [0.15, 0.2) is 146 Å². The lowest BCUT2D eigenvalue weighted by molar-refractivity contribution is 0.0651. The second-order valence-electron chi connectivity index (χ2n) is 17.1. The normalized spacial score (nSPS) is 13.2. The smallest absolute Gasteiger partial charge is 0.336 e. The Kier molecular flexibility index (Phi) is 9.09. The van der Waals surface area contributed by atoms with Gasteiger partial charge in [0.25, 0.3) is 0 Å². The molecule has 0 aromatic heterocycles. The Hall–Kier alpha value is -10.4. The van der Waals surface area contributed by atoms with E-state index in [0.29, 0.717) is 55.6 Å². The van der Waals surface area contributed by atoms with Gasteiger partial charge in [-0.1, -0.05) is 97.1 Å². The van der Waals surface area contributed by atoms with Gasteiger partial charge in [-0.2, -0.15) is 21.0 Å². The number of aromatic carboxylic acids is 4. The highest BCUT2D eigenvalue weighted by molar-refractivity contribution is 6.08. The fourth-order valence-corrected chi connectivity index (χ4v) is 11.5. The average molecular weight is 909 g/mol. The molecule has 12 rings (SSSR count). The quantitative estimate of drug-likeness (QED) is 0.129. The van der Waals surface area contributed by atoms with E-state index < -0.39 is 45.8 Å². The van der Waals surface area contributed by atoms with Gasteiger partial charge in [-0.05, 0) is 138 Å². The predicted molar refractivity (Wildman–Crippen MR) is 252 cm³/mol. The maximum Gasteiger partial charge on any atom is 0.336 e. The Balaban J connectivity index is 0.000000153. The highest BCUT2D eigenvalue weighted by atomic mass is 16.4. The molecule has 2 spiro atoms. The van der Waals surface area contributed by atoms with E-state index in [0.717, 1.165) is 55.6 Å². The van der Waals surface area contributed by atoms with Crippen LogP contribution in [0.5, 0.6) is 0 Å². The SMILES string of the molecule is N#Cc1cc2c(cc1C#N)C1(c3ccccc3-2)c2ccccc2-c2cc(C#N)c(C#N)cc21.O=C(O)c1cc2c(cc1C(=O)O)C1(c3ccccc3-2)c2ccccc2-c2cc(C(=O)O)c(C(=O)O)cc21. The second-order valence-corrected chi connectivity index (χ2v) is 17.1. The van der Waals surface area contributed by atoms with Gasteiger partial charge in [0.05, 0.1) is 55.3 Å². The van der Waals surface area contributed by atoms with E-state index in [9.17, 15) is 60.7 Å². The lowest BCUT2D eigenvalue weighted by Crippen LogP contribution is -2.27. The molecule has 0 bridgehead atoms. The van der Waals surface area contributed by atoms with Crippen molar-refractivity contribution in [2.75, 3.05) is 0 Å². The molecule has 8 aromatic rings. The molecule has 0 amide bonds. The minimum Gasteiger partial charge on any atom is -0.478 e. The van der Waals surface area contributed by atoms with Gasteiger partial charge in [0.1, 0.15) is 24.3 Å². The van der Waals surface area contributed by atoms with Gasteiger partial charge in [-0.15, -0.1) is 0 Å². The van der Waals surface area contributed by atoms with Crippen molar-refractivity contribution in [2.45, 2.75) is 10.8 Å². The number of rotatable bonds is 4. The Bertz CT molecular complexity index is 3730. The topological polar surface area (TPSA) is 244 Å². The lowest BCUT2D eigenvalue weighted by Gasteiger charge is -2.31. The standard InChI is InChI=1S/C29H12N4.C29H16O8/c30-13-17-9-23-21-5-1-3-7-25(21)29(27(23)11-19(17)15-32)26-8-4-2-6-22(26)24-10-18(14-31)20(16-33)12-28(24)29;30-25(31)17-9-15-13-5-1-3-7-21(13)29(23(15)11-19(17)27(34)35)22-8-4-2-6-14(22)16-10-18(26(32)33)20(28(36)37)12-24(16)29/h1-12H;1-12H,(H,30,31)(H,32,33)(H,34,35)(H,36,37). The molecule has 0 atom stereocenters. The Morgan fingerprint density at radius 2 is 0.529 bits per heavy atom. The zero-order chi connectivity index (χ0) is 49.0. The third-order valence-electron chi connectivity index (χ3n) is 14.1. The van der Waals surface area contributed by atoms with E-state index in [1.165, 1.54) is 24.3 Å². The van der Waals surface area contributed by atoms with E-state index in [4.69, 9.17) is 0 Å². The highest BCUT2D eigenvalue weighted by Crippen LogP contribution is 2.65. The van der Waals surface area contributed by atoms with Crippen molar-refractivity contribution in [3.63, 3.8) is 0 Å². The summed E-state index contributed by atoms with van der Waals surface area (Å²) in [5.41, 5.74) is 10.4. The van der Waals surface area contributed by atoms with Crippen molar-refractivity contribution in [2.24, 2.45) is 0 Å². The van der Waals surface area contributed by atoms with Crippen molar-refractivity contribution in [1.29, 1.82) is 21.0 Å². The molecule has 4 aliphatic rings. The molecule has 0 saturated carbocycles. The summed E-state index contributed by atoms with van der Waals surface area (Å²) in [7, 11) is 0. The molecular weight excluding hydrogens is 881 g/mol. The van der Waals surface area contributed by atoms with Crippen molar-refractivity contribution in [3.05, 3.63) is 235 Å². The molecule has 12 nitrogen and oxygen atoms in total. The summed E-state index contributed by atoms with van der Waals surface area (Å²) in [6, 6.07) is 51.9. The first-order valence-electron chi connectivity index (χ1n) is 21.5. The number of fused-ring (bicyclic) bond motifs is 20. The van der Waals surface area contributed by atoms with E-state index in [1.54, 1.807) is 48.5 Å². The van der Waals surface area contributed by atoms with Gasteiger partial charge in [0.2, 0.25) is 0 Å². The minimum atomic E-state index is -1.41. The summed E-state index contributed by atoms with van der Waals surface area (Å²) in [4.78, 5) is 48.3. The van der Waals surface area contributed by atoms with Crippen LogP contribution in [0.25, 0.3) is 44.5 Å². The van der Waals surface area contributed by atoms with E-state index in [-0.39, 0.29) is 11.1 Å². The number of carbonyl (C=O) groups is 4. The monoisotopic (exact) mass is 908 g/mol. The number of carboxylic acids is 4. The average Bonchev–Trinajstić information content (AvgIpc) is 4.04. The van der Waals surface area contributed by atoms with Gasteiger partial charge in [-0.25, -0.2) is 19.2 Å². The van der Waals surface area contributed by atoms with Crippen LogP contribution in [0.3, 0.4) is 0 Å². The van der Waals surface area contributed by atoms with E-state index in [2.05, 4.69) is 36.4 Å². The summed E-state index contributed by atoms with van der Waals surface area (Å²) >= 11 is 0. The van der Waals surface area contributed by atoms with Gasteiger partial charge in [0, 0.05) is 0 Å². The number of hydrogen-bond acceptors (Lipinski definition) is 8. The summed E-state index contributed by atoms with van der Waals surface area (Å²) in [5, 5.41) is 78.2. The van der Waals surface area contributed by atoms with Crippen molar-refractivity contribution >= 4 is 23.9 Å². The number of benzene rings is 8. The minimum absolute atomic E-state index is 0.323. The maximum atomic E-state index is 12.2. The predicted octanol–water partition coefficient (Wildman–Crippen LogP) is 10.3. The molecule has 4 N–H and O–H groups in total. The molecule has 4 aliphatic carbocycles. The van der Waals surface area contributed by atoms with Crippen LogP contribution in [-0.2, 0) is 10.8 Å². The molecule has 0 unspecified atom stereocenters. The molecule has 70 heavy (non-hydrogen) atoms. The molecule has 8 aromatic carbocycles. The fourth-order valence-electron chi connectivity index (χ4n) is 11.5. The third kappa shape index (κ3) is 5.36. The van der Waals surface area contributed by atoms with Crippen LogP contribution < -0.4 is 0 Å². The number of nitrogens with zero attached hydrogens (tertiary/aromatic N) is 4. The van der Waals surface area contributed by atoms with Crippen LogP contribution in [0.4, 0.5) is 0 Å². The first kappa shape index (κ1) is 42.2. The zero-order valence-corrected chi connectivity index (χ0v) is 36.1. The number of carboxylic acid groups (broad SMARTS) is 4. The summed E-state index contributed by atoms with van der Waals surface area (Å²) in [6.07, 6.45) is 0. The van der Waals surface area contributed by atoms with Crippen molar-refractivity contribution < 1.29 is 39.6 Å². The van der Waals surface area contributed by atoms with Crippen LogP contribution in [0.1, 0.15) is 108 Å². The summed E-state index contributed by atoms with van der Waals surface area (Å²) < 4.78 is 0. The highest BCUT2D eigenvalue weighted by Gasteiger charge is 2.54. The Morgan fingerprint density at radius 3 is 0.800 bits per heavy atom. The van der Waals surface area contributed by atoms with Crippen LogP contribution in [0, 0.1) is 45.3 Å². The van der Waals surface area contributed by atoms with Gasteiger partial charge in [-0.3, -0.25) is 0 Å². The summed E-state index contributed by atoms with van der Waals surface area (Å²) in [6.45, 7) is 0. The number of nitriles is 4. The molecule has 0 saturated heterocycles.